The molecule has 4 nitrogen and oxygen atoms in total. The lowest BCUT2D eigenvalue weighted by atomic mass is 9.98. The number of aliphatic hydroxyl groups is 1. The topological polar surface area (TPSA) is 60.8 Å². The van der Waals surface area contributed by atoms with E-state index in [2.05, 4.69) is 93.1 Å². The van der Waals surface area contributed by atoms with Crippen molar-refractivity contribution in [3.05, 3.63) is 60.2 Å². The molecule has 2 aromatic carbocycles. The van der Waals surface area contributed by atoms with Crippen LogP contribution in [0.4, 0.5) is 0 Å². The largest absolute Gasteiger partial charge is 0.479 e. The molecule has 2 N–H and O–H groups in total. The molecular weight excluding hydrogens is 350 g/mol. The molecule has 0 radical (unpaired) electrons. The second kappa shape index (κ2) is 11.3. The van der Waals surface area contributed by atoms with Gasteiger partial charge in [0.05, 0.1) is 0 Å². The Kier molecular flexibility index (Phi) is 9.44. The normalized spacial score (nSPS) is 12.2. The molecule has 2 aromatic rings. The van der Waals surface area contributed by atoms with E-state index >= 15 is 0 Å². The van der Waals surface area contributed by atoms with E-state index in [1.807, 2.05) is 6.08 Å². The predicted octanol–water partition coefficient (Wildman–Crippen LogP) is 4.33. The molecule has 28 heavy (non-hydrogen) atoms. The summed E-state index contributed by atoms with van der Waals surface area (Å²) in [5.41, 5.74) is 1.44. The average molecular weight is 382 g/mol. The maximum atomic E-state index is 9.45. The van der Waals surface area contributed by atoms with Crippen molar-refractivity contribution in [2.75, 3.05) is 13.6 Å². The van der Waals surface area contributed by atoms with E-state index in [1.165, 1.54) is 23.3 Å². The van der Waals surface area contributed by atoms with Crippen LogP contribution >= 0.6 is 0 Å². The number of fused-ring (bicyclic) bond motifs is 1. The summed E-state index contributed by atoms with van der Waals surface area (Å²) in [4.78, 5) is 11.8. The fourth-order valence-corrected chi connectivity index (χ4v) is 2.34. The highest BCUT2D eigenvalue weighted by Gasteiger charge is 2.04. The standard InChI is InChI=1S/C21H25N.C3H6O3/c1-21(2,3)15-8-5-9-16-22(4)17-19-13-10-12-18-11-6-7-14-20(18)19;1-2(4)3(5)6/h5-7,9-14H,16-17H2,1-4H3;2,4H,1H3,(H,5,6). The summed E-state index contributed by atoms with van der Waals surface area (Å²) in [7, 11) is 2.14. The number of rotatable bonds is 5. The highest BCUT2D eigenvalue weighted by molar-refractivity contribution is 5.85. The zero-order chi connectivity index (χ0) is 21.2. The van der Waals surface area contributed by atoms with Gasteiger partial charge in [0.2, 0.25) is 0 Å². The van der Waals surface area contributed by atoms with Gasteiger partial charge in [-0.25, -0.2) is 4.79 Å². The second-order valence-electron chi connectivity index (χ2n) is 7.77. The van der Waals surface area contributed by atoms with Gasteiger partial charge in [0.25, 0.3) is 0 Å². The van der Waals surface area contributed by atoms with Crippen LogP contribution < -0.4 is 0 Å². The Morgan fingerprint density at radius 1 is 1.18 bits per heavy atom. The van der Waals surface area contributed by atoms with E-state index in [-0.39, 0.29) is 5.41 Å². The molecule has 1 unspecified atom stereocenters. The Bertz CT molecular complexity index is 846. The first kappa shape index (κ1) is 23.4. The lowest BCUT2D eigenvalue weighted by Gasteiger charge is -2.15. The minimum absolute atomic E-state index is 0.0686. The SMILES string of the molecule is CC(O)C(=O)O.CN(CC=CC#CC(C)(C)C)Cc1cccc2ccccc12. The number of carbonyl (C=O) groups is 1. The number of hydrogen-bond donors (Lipinski definition) is 2. The van der Waals surface area contributed by atoms with Gasteiger partial charge in [-0.2, -0.15) is 0 Å². The molecule has 2 rings (SSSR count). The highest BCUT2D eigenvalue weighted by Crippen LogP contribution is 2.19. The smallest absolute Gasteiger partial charge is 0.332 e. The maximum absolute atomic E-state index is 9.45. The fourth-order valence-electron chi connectivity index (χ4n) is 2.34. The maximum Gasteiger partial charge on any atom is 0.332 e. The summed E-state index contributed by atoms with van der Waals surface area (Å²) in [5.74, 6) is 5.15. The molecule has 0 bridgehead atoms. The van der Waals surface area contributed by atoms with Gasteiger partial charge < -0.3 is 10.2 Å². The van der Waals surface area contributed by atoms with Gasteiger partial charge in [-0.15, -0.1) is 0 Å². The zero-order valence-electron chi connectivity index (χ0n) is 17.4. The molecule has 0 amide bonds. The number of likely N-dealkylation sites (N-methyl/N-ethyl adjacent to an activating group) is 1. The van der Waals surface area contributed by atoms with Crippen molar-refractivity contribution in [2.45, 2.75) is 40.3 Å². The van der Waals surface area contributed by atoms with Crippen LogP contribution in [0.3, 0.4) is 0 Å². The second-order valence-corrected chi connectivity index (χ2v) is 7.77. The molecule has 0 fully saturated rings. The van der Waals surface area contributed by atoms with Crippen LogP contribution in [0.1, 0.15) is 33.3 Å². The van der Waals surface area contributed by atoms with Crippen LogP contribution in [0, 0.1) is 17.3 Å². The number of allylic oxidation sites excluding steroid dienone is 1. The van der Waals surface area contributed by atoms with Crippen LogP contribution in [0.25, 0.3) is 10.8 Å². The lowest BCUT2D eigenvalue weighted by molar-refractivity contribution is -0.145. The van der Waals surface area contributed by atoms with E-state index in [4.69, 9.17) is 10.2 Å². The number of aliphatic carboxylic acids is 1. The molecule has 4 heteroatoms. The number of carboxylic acids is 1. The molecule has 0 spiro atoms. The Morgan fingerprint density at radius 3 is 2.39 bits per heavy atom. The van der Waals surface area contributed by atoms with Crippen molar-refractivity contribution >= 4 is 16.7 Å². The summed E-state index contributed by atoms with van der Waals surface area (Å²) in [6.07, 6.45) is 2.86. The number of nitrogens with zero attached hydrogens (tertiary/aromatic N) is 1. The number of aliphatic hydroxyl groups excluding tert-OH is 1. The van der Waals surface area contributed by atoms with Crippen molar-refractivity contribution in [3.63, 3.8) is 0 Å². The predicted molar refractivity (Wildman–Crippen MR) is 116 cm³/mol. The molecule has 0 saturated heterocycles. The van der Waals surface area contributed by atoms with E-state index in [9.17, 15) is 4.79 Å². The molecule has 0 aliphatic carbocycles. The van der Waals surface area contributed by atoms with Gasteiger partial charge in [0, 0.05) is 18.5 Å². The van der Waals surface area contributed by atoms with Gasteiger partial charge in [-0.1, -0.05) is 60.4 Å². The third-order valence-electron chi connectivity index (χ3n) is 3.74. The summed E-state index contributed by atoms with van der Waals surface area (Å²) in [5, 5.41) is 18.4. The van der Waals surface area contributed by atoms with Gasteiger partial charge in [-0.05, 0) is 57.2 Å². The van der Waals surface area contributed by atoms with Crippen LogP contribution in [0.2, 0.25) is 0 Å². The average Bonchev–Trinajstić information content (AvgIpc) is 2.61. The molecule has 0 aliphatic heterocycles. The van der Waals surface area contributed by atoms with Crippen LogP contribution in [-0.2, 0) is 11.3 Å². The molecule has 0 saturated carbocycles. The summed E-state index contributed by atoms with van der Waals surface area (Å²) in [6.45, 7) is 9.42. The zero-order valence-corrected chi connectivity index (χ0v) is 17.4. The van der Waals surface area contributed by atoms with Gasteiger partial charge >= 0.3 is 5.97 Å². The fraction of sp³-hybridized carbons (Fsp3) is 0.375. The highest BCUT2D eigenvalue weighted by atomic mass is 16.4. The summed E-state index contributed by atoms with van der Waals surface area (Å²) < 4.78 is 0. The first-order valence-electron chi connectivity index (χ1n) is 9.34. The summed E-state index contributed by atoms with van der Waals surface area (Å²) >= 11 is 0. The monoisotopic (exact) mass is 381 g/mol. The Morgan fingerprint density at radius 2 is 1.79 bits per heavy atom. The Hall–Kier alpha value is -2.61. The van der Waals surface area contributed by atoms with Crippen molar-refractivity contribution in [2.24, 2.45) is 5.41 Å². The minimum Gasteiger partial charge on any atom is -0.479 e. The van der Waals surface area contributed by atoms with Gasteiger partial charge in [0.15, 0.2) is 0 Å². The van der Waals surface area contributed by atoms with Crippen molar-refractivity contribution < 1.29 is 15.0 Å². The van der Waals surface area contributed by atoms with Crippen molar-refractivity contribution in [3.8, 4) is 11.8 Å². The van der Waals surface area contributed by atoms with Gasteiger partial charge in [-0.3, -0.25) is 4.90 Å². The van der Waals surface area contributed by atoms with E-state index < -0.39 is 12.1 Å². The number of hydrogen-bond acceptors (Lipinski definition) is 3. The molecule has 0 aliphatic rings. The van der Waals surface area contributed by atoms with Crippen LogP contribution in [0.15, 0.2) is 54.6 Å². The molecule has 0 aromatic heterocycles. The number of carboxylic acid groups (broad SMARTS) is 1. The first-order chi connectivity index (χ1) is 13.1. The third kappa shape index (κ3) is 9.36. The lowest BCUT2D eigenvalue weighted by Crippen LogP contribution is -2.17. The molecule has 1 atom stereocenters. The third-order valence-corrected chi connectivity index (χ3v) is 3.74. The summed E-state index contributed by atoms with van der Waals surface area (Å²) in [6, 6.07) is 15.1. The Labute approximate surface area is 168 Å². The minimum atomic E-state index is -1.23. The van der Waals surface area contributed by atoms with E-state index in [0.29, 0.717) is 0 Å². The van der Waals surface area contributed by atoms with Crippen LogP contribution in [-0.4, -0.2) is 40.8 Å². The van der Waals surface area contributed by atoms with Gasteiger partial charge in [0.1, 0.15) is 6.10 Å². The molecule has 0 heterocycles. The Balaban J connectivity index is 0.000000568. The van der Waals surface area contributed by atoms with Crippen molar-refractivity contribution in [1.29, 1.82) is 0 Å². The van der Waals surface area contributed by atoms with Crippen LogP contribution in [0.5, 0.6) is 0 Å². The first-order valence-corrected chi connectivity index (χ1v) is 9.34. The van der Waals surface area contributed by atoms with E-state index in [0.717, 1.165) is 13.1 Å². The number of benzene rings is 2. The molecule has 150 valence electrons. The molecular formula is C24H31NO3. The quantitative estimate of drug-likeness (QED) is 0.757. The van der Waals surface area contributed by atoms with E-state index in [1.54, 1.807) is 0 Å². The van der Waals surface area contributed by atoms with Crippen molar-refractivity contribution in [1.82, 2.24) is 4.90 Å².